The molecule has 5 nitrogen and oxygen atoms in total. The smallest absolute Gasteiger partial charge is 0.266 e. The Balaban J connectivity index is 2.09. The highest BCUT2D eigenvalue weighted by Crippen LogP contribution is 2.19. The van der Waals surface area contributed by atoms with E-state index in [1.54, 1.807) is 6.08 Å². The van der Waals surface area contributed by atoms with Gasteiger partial charge in [0, 0.05) is 24.5 Å². The first kappa shape index (κ1) is 20.1. The summed E-state index contributed by atoms with van der Waals surface area (Å²) in [5.41, 5.74) is 2.57. The Bertz CT molecular complexity index is 814. The molecule has 0 aliphatic carbocycles. The summed E-state index contributed by atoms with van der Waals surface area (Å²) in [5, 5.41) is 12.1. The second kappa shape index (κ2) is 10.0. The third kappa shape index (κ3) is 5.61. The van der Waals surface area contributed by atoms with Crippen molar-refractivity contribution >= 4 is 23.4 Å². The van der Waals surface area contributed by atoms with E-state index in [0.29, 0.717) is 12.3 Å². The summed E-state index contributed by atoms with van der Waals surface area (Å²) in [4.78, 5) is 14.6. The van der Waals surface area contributed by atoms with E-state index in [9.17, 15) is 10.1 Å². The van der Waals surface area contributed by atoms with Gasteiger partial charge >= 0.3 is 0 Å². The van der Waals surface area contributed by atoms with Crippen LogP contribution in [-0.4, -0.2) is 25.6 Å². The fourth-order valence-electron chi connectivity index (χ4n) is 2.68. The first-order valence-corrected chi connectivity index (χ1v) is 9.12. The molecule has 0 radical (unpaired) electrons. The Labute approximate surface area is 160 Å². The molecule has 27 heavy (non-hydrogen) atoms. The lowest BCUT2D eigenvalue weighted by molar-refractivity contribution is -0.112. The van der Waals surface area contributed by atoms with Crippen LogP contribution in [0.2, 0.25) is 0 Å². The molecule has 0 saturated carbocycles. The third-order valence-corrected chi connectivity index (χ3v) is 4.12. The van der Waals surface area contributed by atoms with Crippen LogP contribution in [-0.2, 0) is 4.79 Å². The molecule has 2 aromatic carbocycles. The predicted molar refractivity (Wildman–Crippen MR) is 110 cm³/mol. The zero-order chi connectivity index (χ0) is 19.6. The van der Waals surface area contributed by atoms with Crippen molar-refractivity contribution in [2.24, 2.45) is 0 Å². The van der Waals surface area contributed by atoms with Crippen molar-refractivity contribution in [1.82, 2.24) is 0 Å². The average Bonchev–Trinajstić information content (AvgIpc) is 2.69. The van der Waals surface area contributed by atoms with Gasteiger partial charge in [-0.25, -0.2) is 0 Å². The molecule has 2 aromatic rings. The predicted octanol–water partition coefficient (Wildman–Crippen LogP) is 4.48. The Morgan fingerprint density at radius 3 is 2.22 bits per heavy atom. The molecule has 0 heterocycles. The van der Waals surface area contributed by atoms with Gasteiger partial charge in [0.1, 0.15) is 17.4 Å². The van der Waals surface area contributed by atoms with E-state index in [-0.39, 0.29) is 5.57 Å². The van der Waals surface area contributed by atoms with E-state index >= 15 is 0 Å². The molecule has 0 aromatic heterocycles. The summed E-state index contributed by atoms with van der Waals surface area (Å²) in [6.45, 7) is 8.56. The number of nitrogens with one attached hydrogen (secondary N) is 1. The molecule has 5 heteroatoms. The number of nitriles is 1. The van der Waals surface area contributed by atoms with Crippen LogP contribution in [0.5, 0.6) is 5.75 Å². The van der Waals surface area contributed by atoms with Crippen LogP contribution in [0.1, 0.15) is 26.3 Å². The Hall–Kier alpha value is -3.26. The van der Waals surface area contributed by atoms with Gasteiger partial charge in [-0.3, -0.25) is 4.79 Å². The molecule has 1 N–H and O–H groups in total. The third-order valence-electron chi connectivity index (χ3n) is 4.12. The van der Waals surface area contributed by atoms with E-state index in [2.05, 4.69) is 24.1 Å². The summed E-state index contributed by atoms with van der Waals surface area (Å²) in [6.07, 6.45) is 1.56. The van der Waals surface area contributed by atoms with Crippen LogP contribution in [0.3, 0.4) is 0 Å². The van der Waals surface area contributed by atoms with Gasteiger partial charge < -0.3 is 15.0 Å². The number of hydrogen-bond donors (Lipinski definition) is 1. The highest BCUT2D eigenvalue weighted by molar-refractivity contribution is 6.09. The molecule has 140 valence electrons. The van der Waals surface area contributed by atoms with Crippen LogP contribution in [0.4, 0.5) is 11.4 Å². The molecular weight excluding hydrogens is 338 g/mol. The lowest BCUT2D eigenvalue weighted by Gasteiger charge is -2.21. The van der Waals surface area contributed by atoms with Gasteiger partial charge in [0.05, 0.1) is 6.61 Å². The molecule has 0 aliphatic heterocycles. The minimum atomic E-state index is -0.429. The van der Waals surface area contributed by atoms with Gasteiger partial charge in [0.2, 0.25) is 0 Å². The van der Waals surface area contributed by atoms with Crippen molar-refractivity contribution < 1.29 is 9.53 Å². The first-order valence-electron chi connectivity index (χ1n) is 9.12. The van der Waals surface area contributed by atoms with Crippen molar-refractivity contribution in [3.05, 3.63) is 59.7 Å². The van der Waals surface area contributed by atoms with Gasteiger partial charge in [-0.05, 0) is 68.8 Å². The molecule has 0 aliphatic rings. The van der Waals surface area contributed by atoms with E-state index < -0.39 is 5.91 Å². The lowest BCUT2D eigenvalue weighted by atomic mass is 10.1. The summed E-state index contributed by atoms with van der Waals surface area (Å²) in [6, 6.07) is 16.8. The highest BCUT2D eigenvalue weighted by Gasteiger charge is 2.10. The zero-order valence-corrected chi connectivity index (χ0v) is 16.0. The van der Waals surface area contributed by atoms with Crippen molar-refractivity contribution in [1.29, 1.82) is 5.26 Å². The van der Waals surface area contributed by atoms with Crippen LogP contribution >= 0.6 is 0 Å². The van der Waals surface area contributed by atoms with Gasteiger partial charge in [0.15, 0.2) is 0 Å². The minimum Gasteiger partial charge on any atom is -0.494 e. The molecule has 0 saturated heterocycles. The number of benzene rings is 2. The number of hydrogen-bond acceptors (Lipinski definition) is 4. The molecule has 2 rings (SSSR count). The number of anilines is 2. The maximum atomic E-state index is 12.4. The largest absolute Gasteiger partial charge is 0.494 e. The van der Waals surface area contributed by atoms with Crippen molar-refractivity contribution in [2.75, 3.05) is 29.9 Å². The normalized spacial score (nSPS) is 10.8. The monoisotopic (exact) mass is 363 g/mol. The molecule has 0 fully saturated rings. The maximum Gasteiger partial charge on any atom is 0.266 e. The fourth-order valence-corrected chi connectivity index (χ4v) is 2.68. The molecule has 0 bridgehead atoms. The molecular formula is C22H25N3O2. The standard InChI is InChI=1S/C22H25N3O2/c1-4-25(5-2)20-11-9-19(10-12-20)24-22(26)18(16-23)15-17-7-13-21(14-8-17)27-6-3/h7-15H,4-6H2,1-3H3,(H,24,26)/b18-15-. The molecule has 0 unspecified atom stereocenters. The SMILES string of the molecule is CCOc1ccc(/C=C(/C#N)C(=O)Nc2ccc(N(CC)CC)cc2)cc1. The summed E-state index contributed by atoms with van der Waals surface area (Å²) in [7, 11) is 0. The van der Waals surface area contributed by atoms with Crippen LogP contribution < -0.4 is 15.0 Å². The fraction of sp³-hybridized carbons (Fsp3) is 0.273. The lowest BCUT2D eigenvalue weighted by Crippen LogP contribution is -2.21. The van der Waals surface area contributed by atoms with Gasteiger partial charge in [-0.2, -0.15) is 5.26 Å². The number of carbonyl (C=O) groups excluding carboxylic acids is 1. The summed E-state index contributed by atoms with van der Waals surface area (Å²) >= 11 is 0. The Morgan fingerprint density at radius 2 is 1.70 bits per heavy atom. The van der Waals surface area contributed by atoms with Crippen molar-refractivity contribution in [3.63, 3.8) is 0 Å². The second-order valence-corrected chi connectivity index (χ2v) is 5.85. The van der Waals surface area contributed by atoms with Crippen molar-refractivity contribution in [3.8, 4) is 11.8 Å². The maximum absolute atomic E-state index is 12.4. The van der Waals surface area contributed by atoms with Crippen LogP contribution in [0.25, 0.3) is 6.08 Å². The van der Waals surface area contributed by atoms with E-state index in [1.165, 1.54) is 0 Å². The quantitative estimate of drug-likeness (QED) is 0.555. The number of rotatable bonds is 8. The highest BCUT2D eigenvalue weighted by atomic mass is 16.5. The summed E-state index contributed by atoms with van der Waals surface area (Å²) < 4.78 is 5.39. The number of amides is 1. The van der Waals surface area contributed by atoms with Crippen LogP contribution in [0, 0.1) is 11.3 Å². The van der Waals surface area contributed by atoms with Crippen molar-refractivity contribution in [2.45, 2.75) is 20.8 Å². The van der Waals surface area contributed by atoms with Gasteiger partial charge in [-0.1, -0.05) is 12.1 Å². The van der Waals surface area contributed by atoms with E-state index in [1.807, 2.05) is 61.5 Å². The Kier molecular flexibility index (Phi) is 7.45. The Morgan fingerprint density at radius 1 is 1.07 bits per heavy atom. The molecule has 0 spiro atoms. The molecule has 1 amide bonds. The number of nitrogens with zero attached hydrogens (tertiary/aromatic N) is 2. The van der Waals surface area contributed by atoms with Crippen LogP contribution in [0.15, 0.2) is 54.1 Å². The summed E-state index contributed by atoms with van der Waals surface area (Å²) in [5.74, 6) is 0.327. The number of carbonyl (C=O) groups is 1. The average molecular weight is 363 g/mol. The van der Waals surface area contributed by atoms with Gasteiger partial charge in [-0.15, -0.1) is 0 Å². The second-order valence-electron chi connectivity index (χ2n) is 5.85. The topological polar surface area (TPSA) is 65.4 Å². The minimum absolute atomic E-state index is 0.0481. The van der Waals surface area contributed by atoms with E-state index in [0.717, 1.165) is 30.1 Å². The number of ether oxygens (including phenoxy) is 1. The molecule has 0 atom stereocenters. The van der Waals surface area contributed by atoms with Gasteiger partial charge in [0.25, 0.3) is 5.91 Å². The van der Waals surface area contributed by atoms with E-state index in [4.69, 9.17) is 4.74 Å². The first-order chi connectivity index (χ1) is 13.1. The zero-order valence-electron chi connectivity index (χ0n) is 16.0.